The lowest BCUT2D eigenvalue weighted by Crippen LogP contribution is -2.08. The predicted octanol–water partition coefficient (Wildman–Crippen LogP) is 3.00. The van der Waals surface area contributed by atoms with Crippen molar-refractivity contribution in [3.8, 4) is 5.75 Å². The van der Waals surface area contributed by atoms with Gasteiger partial charge < -0.3 is 10.1 Å². The average Bonchev–Trinajstić information content (AvgIpc) is 2.38. The third-order valence-electron chi connectivity index (χ3n) is 2.98. The van der Waals surface area contributed by atoms with E-state index < -0.39 is 0 Å². The lowest BCUT2D eigenvalue weighted by atomic mass is 10.1. The summed E-state index contributed by atoms with van der Waals surface area (Å²) in [7, 11) is 1.94. The van der Waals surface area contributed by atoms with Crippen molar-refractivity contribution in [1.29, 1.82) is 0 Å². The summed E-state index contributed by atoms with van der Waals surface area (Å²) in [6.07, 6.45) is 3.70. The van der Waals surface area contributed by atoms with Gasteiger partial charge in [0.1, 0.15) is 12.4 Å². The highest BCUT2D eigenvalue weighted by Crippen LogP contribution is 2.24. The van der Waals surface area contributed by atoms with Gasteiger partial charge in [-0.3, -0.25) is 4.98 Å². The molecule has 0 amide bonds. The largest absolute Gasteiger partial charge is 0.488 e. The van der Waals surface area contributed by atoms with E-state index >= 15 is 0 Å². The standard InChI is InChI=1S/C16H20N2O/c1-12-7-14(9-18-8-12)11-19-16-13(2)5-4-6-15(16)10-17-3/h4-9,17H,10-11H2,1-3H3. The molecule has 0 saturated carbocycles. The lowest BCUT2D eigenvalue weighted by Gasteiger charge is -2.14. The van der Waals surface area contributed by atoms with Crippen molar-refractivity contribution in [2.24, 2.45) is 0 Å². The molecule has 1 heterocycles. The Kier molecular flexibility index (Phi) is 4.53. The molecule has 19 heavy (non-hydrogen) atoms. The average molecular weight is 256 g/mol. The first kappa shape index (κ1) is 13.6. The van der Waals surface area contributed by atoms with Crippen LogP contribution in [-0.2, 0) is 13.2 Å². The molecule has 2 aromatic rings. The number of hydrogen-bond acceptors (Lipinski definition) is 3. The van der Waals surface area contributed by atoms with Gasteiger partial charge in [-0.25, -0.2) is 0 Å². The Morgan fingerprint density at radius 1 is 1.21 bits per heavy atom. The third kappa shape index (κ3) is 3.55. The first-order valence-electron chi connectivity index (χ1n) is 6.47. The molecule has 3 nitrogen and oxygen atoms in total. The number of aryl methyl sites for hydroxylation is 2. The van der Waals surface area contributed by atoms with Gasteiger partial charge in [0.15, 0.2) is 0 Å². The number of ether oxygens (including phenoxy) is 1. The van der Waals surface area contributed by atoms with Gasteiger partial charge in [-0.2, -0.15) is 0 Å². The predicted molar refractivity (Wildman–Crippen MR) is 77.2 cm³/mol. The van der Waals surface area contributed by atoms with Crippen LogP contribution in [0.2, 0.25) is 0 Å². The molecule has 0 atom stereocenters. The van der Waals surface area contributed by atoms with E-state index in [-0.39, 0.29) is 0 Å². The molecule has 100 valence electrons. The molecule has 0 aliphatic heterocycles. The van der Waals surface area contributed by atoms with Crippen LogP contribution in [0.5, 0.6) is 5.75 Å². The van der Waals surface area contributed by atoms with Crippen LogP contribution in [0.25, 0.3) is 0 Å². The minimum absolute atomic E-state index is 0.552. The summed E-state index contributed by atoms with van der Waals surface area (Å²) >= 11 is 0. The van der Waals surface area contributed by atoms with Crippen molar-refractivity contribution in [3.05, 3.63) is 58.9 Å². The maximum Gasteiger partial charge on any atom is 0.127 e. The summed E-state index contributed by atoms with van der Waals surface area (Å²) in [6, 6.07) is 8.32. The molecule has 1 aromatic heterocycles. The Morgan fingerprint density at radius 2 is 2.05 bits per heavy atom. The normalized spacial score (nSPS) is 10.5. The summed E-state index contributed by atoms with van der Waals surface area (Å²) in [5, 5.41) is 3.17. The summed E-state index contributed by atoms with van der Waals surface area (Å²) in [6.45, 7) is 5.47. The van der Waals surface area contributed by atoms with Gasteiger partial charge in [0.05, 0.1) is 0 Å². The van der Waals surface area contributed by atoms with Crippen molar-refractivity contribution in [2.45, 2.75) is 27.0 Å². The molecule has 0 aliphatic carbocycles. The Hall–Kier alpha value is -1.87. The highest BCUT2D eigenvalue weighted by atomic mass is 16.5. The zero-order valence-electron chi connectivity index (χ0n) is 11.7. The van der Waals surface area contributed by atoms with Crippen molar-refractivity contribution in [1.82, 2.24) is 10.3 Å². The SMILES string of the molecule is CNCc1cccc(C)c1OCc1cncc(C)c1. The van der Waals surface area contributed by atoms with Crippen LogP contribution in [0.3, 0.4) is 0 Å². The molecule has 0 fully saturated rings. The van der Waals surface area contributed by atoms with E-state index in [1.165, 1.54) is 5.56 Å². The van der Waals surface area contributed by atoms with Crippen LogP contribution >= 0.6 is 0 Å². The van der Waals surface area contributed by atoms with Gasteiger partial charge in [-0.05, 0) is 38.1 Å². The molecule has 0 radical (unpaired) electrons. The molecule has 3 heteroatoms. The van der Waals surface area contributed by atoms with Crippen LogP contribution < -0.4 is 10.1 Å². The lowest BCUT2D eigenvalue weighted by molar-refractivity contribution is 0.299. The van der Waals surface area contributed by atoms with Crippen LogP contribution in [0, 0.1) is 13.8 Å². The van der Waals surface area contributed by atoms with E-state index in [4.69, 9.17) is 4.74 Å². The number of hydrogen-bond donors (Lipinski definition) is 1. The molecule has 1 aromatic carbocycles. The molecule has 0 spiro atoms. The van der Waals surface area contributed by atoms with Crippen LogP contribution in [0.1, 0.15) is 22.3 Å². The Bertz CT molecular complexity index is 552. The Morgan fingerprint density at radius 3 is 2.79 bits per heavy atom. The molecule has 0 aliphatic rings. The number of aromatic nitrogens is 1. The maximum absolute atomic E-state index is 5.98. The number of pyridine rings is 1. The minimum Gasteiger partial charge on any atom is -0.488 e. The monoisotopic (exact) mass is 256 g/mol. The fraction of sp³-hybridized carbons (Fsp3) is 0.312. The summed E-state index contributed by atoms with van der Waals surface area (Å²) in [4.78, 5) is 4.19. The van der Waals surface area contributed by atoms with Gasteiger partial charge in [-0.1, -0.05) is 18.2 Å². The summed E-state index contributed by atoms with van der Waals surface area (Å²) in [5.74, 6) is 0.971. The van der Waals surface area contributed by atoms with Crippen molar-refractivity contribution in [2.75, 3.05) is 7.05 Å². The first-order valence-corrected chi connectivity index (χ1v) is 6.47. The third-order valence-corrected chi connectivity index (χ3v) is 2.98. The van der Waals surface area contributed by atoms with Crippen LogP contribution in [-0.4, -0.2) is 12.0 Å². The Labute approximate surface area is 114 Å². The molecule has 0 bridgehead atoms. The Balaban J connectivity index is 2.14. The molecule has 1 N–H and O–H groups in total. The molecule has 0 saturated heterocycles. The number of rotatable bonds is 5. The van der Waals surface area contributed by atoms with Gasteiger partial charge in [-0.15, -0.1) is 0 Å². The van der Waals surface area contributed by atoms with Crippen molar-refractivity contribution in [3.63, 3.8) is 0 Å². The first-order chi connectivity index (χ1) is 9.20. The maximum atomic E-state index is 5.98. The van der Waals surface area contributed by atoms with Gasteiger partial charge in [0, 0.05) is 30.1 Å². The second-order valence-corrected chi connectivity index (χ2v) is 4.75. The second kappa shape index (κ2) is 6.34. The molecule has 0 unspecified atom stereocenters. The number of benzene rings is 1. The molecular formula is C16H20N2O. The van der Waals surface area contributed by atoms with Gasteiger partial charge in [0.25, 0.3) is 0 Å². The number of para-hydroxylation sites is 1. The van der Waals surface area contributed by atoms with E-state index in [1.54, 1.807) is 0 Å². The topological polar surface area (TPSA) is 34.1 Å². The van der Waals surface area contributed by atoms with Crippen molar-refractivity contribution < 1.29 is 4.74 Å². The highest BCUT2D eigenvalue weighted by molar-refractivity contribution is 5.40. The number of nitrogens with one attached hydrogen (secondary N) is 1. The fourth-order valence-electron chi connectivity index (χ4n) is 2.10. The zero-order chi connectivity index (χ0) is 13.7. The van der Waals surface area contributed by atoms with E-state index in [9.17, 15) is 0 Å². The van der Waals surface area contributed by atoms with E-state index in [2.05, 4.69) is 41.5 Å². The smallest absolute Gasteiger partial charge is 0.127 e. The van der Waals surface area contributed by atoms with Crippen LogP contribution in [0.15, 0.2) is 36.7 Å². The van der Waals surface area contributed by atoms with Gasteiger partial charge >= 0.3 is 0 Å². The molecule has 2 rings (SSSR count). The number of nitrogens with zero attached hydrogens (tertiary/aromatic N) is 1. The zero-order valence-corrected chi connectivity index (χ0v) is 11.7. The highest BCUT2D eigenvalue weighted by Gasteiger charge is 2.06. The molecular weight excluding hydrogens is 236 g/mol. The fourth-order valence-corrected chi connectivity index (χ4v) is 2.10. The summed E-state index contributed by atoms with van der Waals surface area (Å²) < 4.78 is 5.98. The van der Waals surface area contributed by atoms with Gasteiger partial charge in [0.2, 0.25) is 0 Å². The second-order valence-electron chi connectivity index (χ2n) is 4.75. The van der Waals surface area contributed by atoms with E-state index in [1.807, 2.05) is 26.4 Å². The summed E-state index contributed by atoms with van der Waals surface area (Å²) in [5.41, 5.74) is 4.59. The minimum atomic E-state index is 0.552. The van der Waals surface area contributed by atoms with E-state index in [0.717, 1.165) is 29.0 Å². The van der Waals surface area contributed by atoms with E-state index in [0.29, 0.717) is 6.61 Å². The van der Waals surface area contributed by atoms with Crippen molar-refractivity contribution >= 4 is 0 Å². The van der Waals surface area contributed by atoms with Crippen LogP contribution in [0.4, 0.5) is 0 Å². The quantitative estimate of drug-likeness (QED) is 0.893.